The molecule has 1 aliphatic heterocycles. The molecule has 0 radical (unpaired) electrons. The second kappa shape index (κ2) is 10.9. The highest BCUT2D eigenvalue weighted by Gasteiger charge is 2.42. The quantitative estimate of drug-likeness (QED) is 0.243. The molecule has 0 unspecified atom stereocenters. The van der Waals surface area contributed by atoms with Crippen LogP contribution >= 0.6 is 12.2 Å². The highest BCUT2D eigenvalue weighted by Crippen LogP contribution is 2.43. The Labute approximate surface area is 228 Å². The van der Waals surface area contributed by atoms with Crippen molar-refractivity contribution in [3.05, 3.63) is 96.5 Å². The van der Waals surface area contributed by atoms with Crippen molar-refractivity contribution in [2.24, 2.45) is 0 Å². The number of nitrogens with zero attached hydrogens (tertiary/aromatic N) is 2. The lowest BCUT2D eigenvalue weighted by Gasteiger charge is -2.26. The average Bonchev–Trinajstić information content (AvgIpc) is 3.71. The van der Waals surface area contributed by atoms with Crippen molar-refractivity contribution in [3.8, 4) is 22.8 Å². The average molecular weight is 526 g/mol. The van der Waals surface area contributed by atoms with E-state index in [0.29, 0.717) is 17.8 Å². The molecular formula is C31H31N3O3S. The van der Waals surface area contributed by atoms with E-state index in [4.69, 9.17) is 26.1 Å². The fourth-order valence-corrected chi connectivity index (χ4v) is 5.70. The van der Waals surface area contributed by atoms with Crippen LogP contribution in [0.1, 0.15) is 56.1 Å². The van der Waals surface area contributed by atoms with Crippen LogP contribution in [-0.4, -0.2) is 22.8 Å². The fraction of sp³-hybridized carbons (Fsp3) is 0.290. The van der Waals surface area contributed by atoms with Crippen molar-refractivity contribution in [1.29, 1.82) is 0 Å². The molecule has 0 amide bonds. The van der Waals surface area contributed by atoms with E-state index >= 15 is 0 Å². The monoisotopic (exact) mass is 525 g/mol. The van der Waals surface area contributed by atoms with Crippen LogP contribution in [0.2, 0.25) is 0 Å². The van der Waals surface area contributed by atoms with Crippen molar-refractivity contribution in [3.63, 3.8) is 0 Å². The molecule has 7 heteroatoms. The Hall–Kier alpha value is -3.84. The van der Waals surface area contributed by atoms with Crippen LogP contribution in [0.5, 0.6) is 11.5 Å². The Morgan fingerprint density at radius 3 is 2.42 bits per heavy atom. The lowest BCUT2D eigenvalue weighted by atomic mass is 10.0. The first-order chi connectivity index (χ1) is 18.7. The maximum atomic E-state index is 6.48. The second-order valence-electron chi connectivity index (χ2n) is 9.67. The Bertz CT molecular complexity index is 1370. The van der Waals surface area contributed by atoms with Gasteiger partial charge in [-0.1, -0.05) is 6.07 Å². The molecule has 4 aromatic rings. The number of rotatable bonds is 8. The molecule has 1 saturated heterocycles. The number of furan rings is 1. The summed E-state index contributed by atoms with van der Waals surface area (Å²) >= 11 is 5.86. The van der Waals surface area contributed by atoms with E-state index in [1.165, 1.54) is 12.8 Å². The van der Waals surface area contributed by atoms with Gasteiger partial charge in [0, 0.05) is 17.4 Å². The number of pyridine rings is 1. The molecule has 194 valence electrons. The van der Waals surface area contributed by atoms with Gasteiger partial charge >= 0.3 is 0 Å². The fourth-order valence-electron chi connectivity index (χ4n) is 5.35. The summed E-state index contributed by atoms with van der Waals surface area (Å²) in [5.74, 6) is 3.34. The van der Waals surface area contributed by atoms with Crippen molar-refractivity contribution in [2.75, 3.05) is 11.5 Å². The van der Waals surface area contributed by atoms with Gasteiger partial charge in [0.25, 0.3) is 0 Å². The minimum absolute atomic E-state index is 0.169. The molecule has 2 aromatic heterocycles. The van der Waals surface area contributed by atoms with E-state index in [1.807, 2.05) is 79.9 Å². The summed E-state index contributed by atoms with van der Waals surface area (Å²) in [6.45, 7) is 2.62. The zero-order chi connectivity index (χ0) is 25.9. The Morgan fingerprint density at radius 2 is 1.71 bits per heavy atom. The van der Waals surface area contributed by atoms with E-state index < -0.39 is 0 Å². The minimum Gasteiger partial charge on any atom is -0.494 e. The van der Waals surface area contributed by atoms with Gasteiger partial charge in [-0.3, -0.25) is 4.98 Å². The summed E-state index contributed by atoms with van der Waals surface area (Å²) in [4.78, 5) is 6.76. The van der Waals surface area contributed by atoms with Gasteiger partial charge in [-0.25, -0.2) is 0 Å². The molecule has 2 atom stereocenters. The van der Waals surface area contributed by atoms with Crippen LogP contribution in [0.3, 0.4) is 0 Å². The molecule has 1 aliphatic carbocycles. The zero-order valence-electron chi connectivity index (χ0n) is 21.4. The zero-order valence-corrected chi connectivity index (χ0v) is 22.2. The van der Waals surface area contributed by atoms with Crippen molar-refractivity contribution < 1.29 is 13.9 Å². The van der Waals surface area contributed by atoms with Gasteiger partial charge in [0.15, 0.2) is 5.11 Å². The normalized spacial score (nSPS) is 19.5. The molecule has 2 aromatic carbocycles. The number of hydrogen-bond acceptors (Lipinski definition) is 5. The molecule has 2 aliphatic rings. The molecule has 1 saturated carbocycles. The maximum Gasteiger partial charge on any atom is 0.174 e. The number of nitrogens with one attached hydrogen (secondary N) is 1. The molecule has 6 rings (SSSR count). The maximum absolute atomic E-state index is 6.48. The van der Waals surface area contributed by atoms with E-state index in [-0.39, 0.29) is 12.1 Å². The van der Waals surface area contributed by atoms with Crippen LogP contribution in [0.15, 0.2) is 89.5 Å². The molecule has 0 spiro atoms. The van der Waals surface area contributed by atoms with Crippen LogP contribution in [0, 0.1) is 0 Å². The van der Waals surface area contributed by atoms with Crippen LogP contribution in [-0.2, 0) is 0 Å². The summed E-state index contributed by atoms with van der Waals surface area (Å²) in [7, 11) is 0. The standard InChI is InChI=1S/C31H31N3O3S/c1-2-35-23-14-10-21(11-15-23)27-18-19-28(37-27)30-29(26-9-5-6-20-32-26)33-31(38)34(30)22-12-16-25(17-13-22)36-24-7-3-4-8-24/h5-6,9-20,24,29-30H,2-4,7-8H2,1H3,(H,33,38)/t29-,30-/m1/s1. The van der Waals surface area contributed by atoms with Gasteiger partial charge in [-0.15, -0.1) is 0 Å². The molecular weight excluding hydrogens is 494 g/mol. The molecule has 3 heterocycles. The van der Waals surface area contributed by atoms with Gasteiger partial charge in [-0.05, 0) is 118 Å². The third kappa shape index (κ3) is 4.98. The smallest absolute Gasteiger partial charge is 0.174 e. The van der Waals surface area contributed by atoms with Crippen molar-refractivity contribution >= 4 is 23.0 Å². The predicted octanol–water partition coefficient (Wildman–Crippen LogP) is 7.24. The summed E-state index contributed by atoms with van der Waals surface area (Å²) in [6, 6.07) is 25.8. The third-order valence-corrected chi connectivity index (χ3v) is 7.50. The molecule has 2 fully saturated rings. The molecule has 0 bridgehead atoms. The highest BCUT2D eigenvalue weighted by molar-refractivity contribution is 7.80. The van der Waals surface area contributed by atoms with E-state index in [2.05, 4.69) is 27.3 Å². The first-order valence-corrected chi connectivity index (χ1v) is 13.7. The Kier molecular flexibility index (Phi) is 7.01. The number of ether oxygens (including phenoxy) is 2. The second-order valence-corrected chi connectivity index (χ2v) is 10.1. The number of hydrogen-bond donors (Lipinski definition) is 1. The molecule has 38 heavy (non-hydrogen) atoms. The molecule has 1 N–H and O–H groups in total. The minimum atomic E-state index is -0.213. The number of aromatic nitrogens is 1. The highest BCUT2D eigenvalue weighted by atomic mass is 32.1. The lowest BCUT2D eigenvalue weighted by molar-refractivity contribution is 0.210. The van der Waals surface area contributed by atoms with Crippen LogP contribution in [0.4, 0.5) is 5.69 Å². The third-order valence-electron chi connectivity index (χ3n) is 7.19. The first kappa shape index (κ1) is 24.5. The van der Waals surface area contributed by atoms with Gasteiger partial charge in [0.2, 0.25) is 0 Å². The summed E-state index contributed by atoms with van der Waals surface area (Å²) in [5, 5.41) is 4.13. The van der Waals surface area contributed by atoms with E-state index in [0.717, 1.165) is 52.8 Å². The lowest BCUT2D eigenvalue weighted by Crippen LogP contribution is -2.29. The van der Waals surface area contributed by atoms with Gasteiger partial charge in [0.1, 0.15) is 29.1 Å². The first-order valence-electron chi connectivity index (χ1n) is 13.3. The molecule has 6 nitrogen and oxygen atoms in total. The summed E-state index contributed by atoms with van der Waals surface area (Å²) in [5.41, 5.74) is 2.87. The van der Waals surface area contributed by atoms with Crippen molar-refractivity contribution in [1.82, 2.24) is 10.3 Å². The number of benzene rings is 2. The Balaban J connectivity index is 1.32. The van der Waals surface area contributed by atoms with Gasteiger partial charge < -0.3 is 24.1 Å². The summed E-state index contributed by atoms with van der Waals surface area (Å²) < 4.78 is 18.3. The summed E-state index contributed by atoms with van der Waals surface area (Å²) in [6.07, 6.45) is 6.88. The van der Waals surface area contributed by atoms with Crippen LogP contribution < -0.4 is 19.7 Å². The van der Waals surface area contributed by atoms with E-state index in [1.54, 1.807) is 0 Å². The van der Waals surface area contributed by atoms with E-state index in [9.17, 15) is 0 Å². The van der Waals surface area contributed by atoms with Gasteiger partial charge in [-0.2, -0.15) is 0 Å². The largest absolute Gasteiger partial charge is 0.494 e. The number of thiocarbonyl (C=S) groups is 1. The topological polar surface area (TPSA) is 59.8 Å². The predicted molar refractivity (Wildman–Crippen MR) is 153 cm³/mol. The van der Waals surface area contributed by atoms with Gasteiger partial charge in [0.05, 0.1) is 24.4 Å². The Morgan fingerprint density at radius 1 is 0.947 bits per heavy atom. The van der Waals surface area contributed by atoms with Crippen LogP contribution in [0.25, 0.3) is 11.3 Å². The number of anilines is 1. The SMILES string of the molecule is CCOc1ccc(-c2ccc([C@@H]3[C@@H](c4ccccn4)NC(=S)N3c3ccc(OC4CCCC4)cc3)o2)cc1. The van der Waals surface area contributed by atoms with Crippen molar-refractivity contribution in [2.45, 2.75) is 50.8 Å².